The smallest absolute Gasteiger partial charge is 0.335 e. The quantitative estimate of drug-likeness (QED) is 0.270. The molecule has 5 atom stereocenters. The average molecular weight is 462 g/mol. The third kappa shape index (κ3) is 4.03. The Bertz CT molecular complexity index is 1280. The van der Waals surface area contributed by atoms with E-state index in [4.69, 9.17) is 19.0 Å². The molecular weight excluding hydrogens is 444 g/mol. The van der Waals surface area contributed by atoms with E-state index in [0.29, 0.717) is 0 Å². The number of carboxylic acid groups (broad SMARTS) is 1. The summed E-state index contributed by atoms with van der Waals surface area (Å²) in [6.07, 6.45) is -9.37. The molecule has 0 bridgehead atoms. The van der Waals surface area contributed by atoms with Gasteiger partial charge >= 0.3 is 5.97 Å². The van der Waals surface area contributed by atoms with Gasteiger partial charge in [0.05, 0.1) is 0 Å². The van der Waals surface area contributed by atoms with E-state index in [1.54, 1.807) is 0 Å². The normalized spacial score (nSPS) is 25.1. The molecule has 1 fully saturated rings. The van der Waals surface area contributed by atoms with Crippen LogP contribution in [0.5, 0.6) is 23.0 Å². The van der Waals surface area contributed by atoms with Crippen LogP contribution in [0.15, 0.2) is 45.6 Å². The van der Waals surface area contributed by atoms with E-state index >= 15 is 0 Å². The van der Waals surface area contributed by atoms with E-state index in [-0.39, 0.29) is 33.8 Å². The first-order valence-electron chi connectivity index (χ1n) is 9.49. The van der Waals surface area contributed by atoms with Gasteiger partial charge in [0.2, 0.25) is 6.29 Å². The van der Waals surface area contributed by atoms with Crippen LogP contribution >= 0.6 is 0 Å². The van der Waals surface area contributed by atoms with Crippen LogP contribution in [0.2, 0.25) is 0 Å². The maximum absolute atomic E-state index is 12.4. The Balaban J connectivity index is 1.70. The lowest BCUT2D eigenvalue weighted by atomic mass is 9.99. The summed E-state index contributed by atoms with van der Waals surface area (Å²) in [7, 11) is 0. The summed E-state index contributed by atoms with van der Waals surface area (Å²) in [4.78, 5) is 23.7. The van der Waals surface area contributed by atoms with Crippen molar-refractivity contribution in [2.24, 2.45) is 0 Å². The van der Waals surface area contributed by atoms with Crippen LogP contribution in [0, 0.1) is 0 Å². The zero-order valence-corrected chi connectivity index (χ0v) is 16.5. The van der Waals surface area contributed by atoms with Gasteiger partial charge in [-0.1, -0.05) is 0 Å². The maximum atomic E-state index is 12.4. The van der Waals surface area contributed by atoms with Crippen LogP contribution in [0.4, 0.5) is 0 Å². The van der Waals surface area contributed by atoms with Crippen LogP contribution in [0.3, 0.4) is 0 Å². The van der Waals surface area contributed by atoms with Gasteiger partial charge in [-0.2, -0.15) is 0 Å². The second-order valence-electron chi connectivity index (χ2n) is 7.35. The molecule has 3 aromatic rings. The number of phenols is 3. The number of aromatic hydroxyl groups is 3. The summed E-state index contributed by atoms with van der Waals surface area (Å²) in [5.41, 5.74) is -0.546. The fourth-order valence-corrected chi connectivity index (χ4v) is 3.43. The molecular formula is C21H18O12. The summed E-state index contributed by atoms with van der Waals surface area (Å²) in [5, 5.41) is 68.5. The van der Waals surface area contributed by atoms with Crippen molar-refractivity contribution in [2.75, 3.05) is 0 Å². The standard InChI is InChI=1S/C21H18O12/c22-8-4-10(24)15-11(25)6-12(31-14(15)5-8)7-1-2-9(23)13(3-7)32-21-18(28)16(26)17(27)19(33-21)20(29)30/h1-6,16-19,21-24,26-28H,(H,29,30)/t16-,17-,18-,19-,21+/m0/s1. The minimum absolute atomic E-state index is 0.0358. The molecule has 0 aliphatic carbocycles. The maximum Gasteiger partial charge on any atom is 0.335 e. The van der Waals surface area contributed by atoms with Gasteiger partial charge in [-0.05, 0) is 18.2 Å². The van der Waals surface area contributed by atoms with Crippen molar-refractivity contribution in [3.05, 3.63) is 46.6 Å². The monoisotopic (exact) mass is 462 g/mol. The number of rotatable bonds is 4. The number of aliphatic carboxylic acids is 1. The van der Waals surface area contributed by atoms with Gasteiger partial charge in [0, 0.05) is 23.8 Å². The topological polar surface area (TPSA) is 207 Å². The summed E-state index contributed by atoms with van der Waals surface area (Å²) < 4.78 is 16.0. The van der Waals surface area contributed by atoms with Crippen molar-refractivity contribution in [1.29, 1.82) is 0 Å². The van der Waals surface area contributed by atoms with E-state index in [2.05, 4.69) is 0 Å². The van der Waals surface area contributed by atoms with E-state index in [0.717, 1.165) is 24.3 Å². The Morgan fingerprint density at radius 2 is 1.64 bits per heavy atom. The molecule has 0 amide bonds. The Morgan fingerprint density at radius 1 is 0.909 bits per heavy atom. The molecule has 1 saturated heterocycles. The molecule has 2 aromatic carbocycles. The number of carbonyl (C=O) groups is 1. The van der Waals surface area contributed by atoms with Gasteiger partial charge < -0.3 is 49.6 Å². The first-order chi connectivity index (χ1) is 15.6. The molecule has 12 nitrogen and oxygen atoms in total. The molecule has 12 heteroatoms. The highest BCUT2D eigenvalue weighted by molar-refractivity contribution is 5.86. The van der Waals surface area contributed by atoms with Crippen LogP contribution in [-0.4, -0.2) is 72.4 Å². The SMILES string of the molecule is O=C(O)[C@H]1O[C@@H](Oc2cc(-c3cc(=O)c4c(O)cc(O)cc4o3)ccc2O)[C@@H](O)[C@@H](O)[C@@H]1O. The number of carboxylic acids is 1. The Hall–Kier alpha value is -3.84. The van der Waals surface area contributed by atoms with Crippen molar-refractivity contribution >= 4 is 16.9 Å². The Labute approximate surface area is 183 Å². The summed E-state index contributed by atoms with van der Waals surface area (Å²) in [6.45, 7) is 0. The van der Waals surface area contributed by atoms with Gasteiger partial charge in [0.25, 0.3) is 0 Å². The molecule has 0 saturated carbocycles. The average Bonchev–Trinajstić information content (AvgIpc) is 2.74. The molecule has 174 valence electrons. The lowest BCUT2D eigenvalue weighted by molar-refractivity contribution is -0.271. The highest BCUT2D eigenvalue weighted by Crippen LogP contribution is 2.36. The number of aliphatic hydroxyl groups is 3. The number of ether oxygens (including phenoxy) is 2. The fourth-order valence-electron chi connectivity index (χ4n) is 3.43. The first kappa shape index (κ1) is 22.4. The lowest BCUT2D eigenvalue weighted by Crippen LogP contribution is -2.61. The third-order valence-corrected chi connectivity index (χ3v) is 5.10. The van der Waals surface area contributed by atoms with Gasteiger partial charge in [-0.25, -0.2) is 4.79 Å². The summed E-state index contributed by atoms with van der Waals surface area (Å²) in [6, 6.07) is 6.86. The number of fused-ring (bicyclic) bond motifs is 1. The Morgan fingerprint density at radius 3 is 2.33 bits per heavy atom. The van der Waals surface area contributed by atoms with Crippen LogP contribution in [0.1, 0.15) is 0 Å². The minimum atomic E-state index is -1.92. The molecule has 0 radical (unpaired) electrons. The predicted octanol–water partition coefficient (Wildman–Crippen LogP) is -0.152. The molecule has 33 heavy (non-hydrogen) atoms. The van der Waals surface area contributed by atoms with Crippen molar-refractivity contribution in [1.82, 2.24) is 0 Å². The van der Waals surface area contributed by atoms with Gasteiger partial charge in [0.15, 0.2) is 23.0 Å². The number of hydrogen-bond donors (Lipinski definition) is 7. The van der Waals surface area contributed by atoms with Crippen molar-refractivity contribution < 1.29 is 54.4 Å². The fraction of sp³-hybridized carbons (Fsp3) is 0.238. The molecule has 0 spiro atoms. The molecule has 1 aliphatic heterocycles. The number of phenolic OH excluding ortho intramolecular Hbond substituents is 3. The van der Waals surface area contributed by atoms with E-state index in [1.165, 1.54) is 12.1 Å². The second kappa shape index (κ2) is 8.26. The van der Waals surface area contributed by atoms with Crippen LogP contribution < -0.4 is 10.2 Å². The van der Waals surface area contributed by atoms with Crippen molar-refractivity contribution in [3.63, 3.8) is 0 Å². The van der Waals surface area contributed by atoms with Crippen molar-refractivity contribution in [2.45, 2.75) is 30.7 Å². The molecule has 1 aliphatic rings. The highest BCUT2D eigenvalue weighted by Gasteiger charge is 2.48. The second-order valence-corrected chi connectivity index (χ2v) is 7.35. The van der Waals surface area contributed by atoms with Gasteiger partial charge in [0.1, 0.15) is 46.5 Å². The van der Waals surface area contributed by atoms with Crippen LogP contribution in [0.25, 0.3) is 22.3 Å². The largest absolute Gasteiger partial charge is 0.508 e. The van der Waals surface area contributed by atoms with Crippen LogP contribution in [-0.2, 0) is 9.53 Å². The Kier molecular flexibility index (Phi) is 5.59. The number of benzene rings is 2. The minimum Gasteiger partial charge on any atom is -0.508 e. The summed E-state index contributed by atoms with van der Waals surface area (Å²) in [5.74, 6) is -3.24. The number of hydrogen-bond acceptors (Lipinski definition) is 11. The van der Waals surface area contributed by atoms with E-state index in [1.807, 2.05) is 0 Å². The molecule has 4 rings (SSSR count). The zero-order chi connectivity index (χ0) is 24.0. The number of aliphatic hydroxyl groups excluding tert-OH is 3. The van der Waals surface area contributed by atoms with Gasteiger partial charge in [-0.3, -0.25) is 4.79 Å². The summed E-state index contributed by atoms with van der Waals surface area (Å²) >= 11 is 0. The molecule has 7 N–H and O–H groups in total. The highest BCUT2D eigenvalue weighted by atomic mass is 16.7. The third-order valence-electron chi connectivity index (χ3n) is 5.10. The molecule has 2 heterocycles. The first-order valence-corrected chi connectivity index (χ1v) is 9.49. The molecule has 1 aromatic heterocycles. The predicted molar refractivity (Wildman–Crippen MR) is 108 cm³/mol. The van der Waals surface area contributed by atoms with Gasteiger partial charge in [-0.15, -0.1) is 0 Å². The zero-order valence-electron chi connectivity index (χ0n) is 16.5. The molecule has 0 unspecified atom stereocenters. The van der Waals surface area contributed by atoms with Crippen molar-refractivity contribution in [3.8, 4) is 34.3 Å². The lowest BCUT2D eigenvalue weighted by Gasteiger charge is -2.38. The van der Waals surface area contributed by atoms with E-state index < -0.39 is 53.6 Å². The van der Waals surface area contributed by atoms with E-state index in [9.17, 15) is 40.2 Å².